The molecule has 0 saturated carbocycles. The van der Waals surface area contributed by atoms with Crippen LogP contribution in [0.5, 0.6) is 11.5 Å². The molecule has 2 atom stereocenters. The lowest BCUT2D eigenvalue weighted by atomic mass is 10.0. The van der Waals surface area contributed by atoms with Crippen molar-refractivity contribution in [2.75, 3.05) is 19.8 Å². The van der Waals surface area contributed by atoms with Crippen molar-refractivity contribution in [2.24, 2.45) is 11.8 Å². The SMILES string of the molecule is CCCCC(CC)COc1c2c(c(OCC(CC)CCCC)c3c1SC(=C(C(=O)OCC)S(=O)(=O)c1ccccc1)S3)SC(=C(CC)c1ccccc1)S2. The predicted molar refractivity (Wildman–Crippen MR) is 228 cm³/mol. The summed E-state index contributed by atoms with van der Waals surface area (Å²) >= 11 is 6.01. The number of carbonyl (C=O) groups excluding carboxylic acids is 1. The fourth-order valence-corrected chi connectivity index (χ4v) is 14.1. The van der Waals surface area contributed by atoms with E-state index in [9.17, 15) is 13.2 Å². The highest BCUT2D eigenvalue weighted by Gasteiger charge is 2.42. The molecule has 3 aromatic carbocycles. The maximum absolute atomic E-state index is 14.3. The number of fused-ring (bicyclic) bond motifs is 2. The summed E-state index contributed by atoms with van der Waals surface area (Å²) in [6.45, 7) is 13.9. The summed E-state index contributed by atoms with van der Waals surface area (Å²) in [5, 5.41) is 0. The first-order valence-electron chi connectivity index (χ1n) is 19.4. The first kappa shape index (κ1) is 42.7. The topological polar surface area (TPSA) is 78.9 Å². The summed E-state index contributed by atoms with van der Waals surface area (Å²) in [4.78, 5) is 17.0. The van der Waals surface area contributed by atoms with E-state index >= 15 is 0 Å². The van der Waals surface area contributed by atoms with Gasteiger partial charge in [-0.1, -0.05) is 169 Å². The lowest BCUT2D eigenvalue weighted by molar-refractivity contribution is -0.137. The van der Waals surface area contributed by atoms with Crippen LogP contribution in [-0.4, -0.2) is 34.2 Å². The van der Waals surface area contributed by atoms with Crippen LogP contribution < -0.4 is 9.47 Å². The van der Waals surface area contributed by atoms with Gasteiger partial charge in [0, 0.05) is 0 Å². The van der Waals surface area contributed by atoms with Gasteiger partial charge in [-0.05, 0) is 61.3 Å². The minimum Gasteiger partial charge on any atom is -0.491 e. The zero-order valence-corrected chi connectivity index (χ0v) is 36.5. The molecule has 0 fully saturated rings. The van der Waals surface area contributed by atoms with Gasteiger partial charge in [0.2, 0.25) is 9.84 Å². The Morgan fingerprint density at radius 1 is 0.648 bits per heavy atom. The molecule has 3 aromatic rings. The van der Waals surface area contributed by atoms with E-state index in [0.717, 1.165) is 88.9 Å². The molecule has 0 N–H and O–H groups in total. The molecule has 0 aliphatic carbocycles. The molecule has 5 rings (SSSR count). The molecule has 0 spiro atoms. The molecule has 0 radical (unpaired) electrons. The number of allylic oxidation sites excluding steroid dienone is 1. The molecule has 0 aromatic heterocycles. The van der Waals surface area contributed by atoms with Gasteiger partial charge in [-0.25, -0.2) is 13.2 Å². The molecule has 0 amide bonds. The van der Waals surface area contributed by atoms with Crippen LogP contribution in [0.4, 0.5) is 0 Å². The van der Waals surface area contributed by atoms with E-state index in [2.05, 4.69) is 58.9 Å². The van der Waals surface area contributed by atoms with Crippen LogP contribution in [0.25, 0.3) is 5.57 Å². The van der Waals surface area contributed by atoms with Crippen molar-refractivity contribution >= 4 is 68.4 Å². The van der Waals surface area contributed by atoms with Crippen LogP contribution in [0, 0.1) is 11.8 Å². The normalized spacial score (nSPS) is 14.7. The van der Waals surface area contributed by atoms with E-state index in [1.807, 2.05) is 6.07 Å². The Kier molecular flexibility index (Phi) is 16.3. The number of thioether (sulfide) groups is 4. The van der Waals surface area contributed by atoms with Gasteiger partial charge in [0.15, 0.2) is 4.91 Å². The highest BCUT2D eigenvalue weighted by atomic mass is 32.2. The number of unbranched alkanes of at least 4 members (excludes halogenated alkanes) is 2. The number of benzene rings is 3. The van der Waals surface area contributed by atoms with E-state index in [0.29, 0.717) is 29.3 Å². The van der Waals surface area contributed by atoms with Crippen molar-refractivity contribution in [1.82, 2.24) is 0 Å². The summed E-state index contributed by atoms with van der Waals surface area (Å²) < 4.78 is 49.4. The number of hydrogen-bond acceptors (Lipinski definition) is 10. The lowest BCUT2D eigenvalue weighted by Crippen LogP contribution is -2.17. The van der Waals surface area contributed by atoms with Crippen molar-refractivity contribution < 1.29 is 27.4 Å². The van der Waals surface area contributed by atoms with Gasteiger partial charge in [0.05, 0.1) is 52.8 Å². The standard InChI is InChI=1S/C43H54O6S5/c1-7-13-21-29(9-3)27-48-34-36-37(51-42(50-36)33(11-5)31-23-17-15-18-24-31)35(49-28-30(10-4)22-14-8-2)39-38(34)52-43(53-39)40(41(44)47-12-6)54(45,46)32-25-19-16-20-26-32/h15-20,23-26,29-30H,7-14,21-22,27-28H2,1-6H3. The number of esters is 1. The van der Waals surface area contributed by atoms with Crippen molar-refractivity contribution in [3.63, 3.8) is 0 Å². The molecule has 292 valence electrons. The fraction of sp³-hybridized carbons (Fsp3) is 0.465. The number of rotatable bonds is 20. The van der Waals surface area contributed by atoms with Crippen molar-refractivity contribution in [3.8, 4) is 11.5 Å². The maximum atomic E-state index is 14.3. The summed E-state index contributed by atoms with van der Waals surface area (Å²) in [7, 11) is -4.23. The van der Waals surface area contributed by atoms with Crippen LogP contribution in [0.2, 0.25) is 0 Å². The zero-order valence-electron chi connectivity index (χ0n) is 32.4. The molecule has 2 unspecified atom stereocenters. The number of ether oxygens (including phenoxy) is 3. The number of sulfone groups is 1. The fourth-order valence-electron chi connectivity index (χ4n) is 6.40. The minimum absolute atomic E-state index is 0.0467. The summed E-state index contributed by atoms with van der Waals surface area (Å²) in [5.74, 6) is 1.38. The Labute approximate surface area is 340 Å². The molecule has 54 heavy (non-hydrogen) atoms. The Balaban J connectivity index is 1.72. The van der Waals surface area contributed by atoms with Crippen LogP contribution in [0.3, 0.4) is 0 Å². The van der Waals surface area contributed by atoms with Crippen LogP contribution in [-0.2, 0) is 19.4 Å². The lowest BCUT2D eigenvalue weighted by Gasteiger charge is -2.22. The Morgan fingerprint density at radius 2 is 1.11 bits per heavy atom. The van der Waals surface area contributed by atoms with Gasteiger partial charge in [-0.3, -0.25) is 0 Å². The van der Waals surface area contributed by atoms with Gasteiger partial charge in [-0.2, -0.15) is 0 Å². The van der Waals surface area contributed by atoms with Crippen molar-refractivity contribution in [1.29, 1.82) is 0 Å². The Hall–Kier alpha value is -2.44. The van der Waals surface area contributed by atoms with Gasteiger partial charge >= 0.3 is 5.97 Å². The first-order valence-corrected chi connectivity index (χ1v) is 24.2. The average Bonchev–Trinajstić information content (AvgIpc) is 3.81. The number of carbonyl (C=O) groups is 1. The van der Waals surface area contributed by atoms with Crippen LogP contribution >= 0.6 is 47.0 Å². The van der Waals surface area contributed by atoms with E-state index in [1.165, 1.54) is 51.0 Å². The van der Waals surface area contributed by atoms with Gasteiger partial charge in [0.25, 0.3) is 0 Å². The highest BCUT2D eigenvalue weighted by molar-refractivity contribution is 8.26. The van der Waals surface area contributed by atoms with E-state index in [-0.39, 0.29) is 16.4 Å². The number of hydrogen-bond donors (Lipinski definition) is 0. The van der Waals surface area contributed by atoms with E-state index in [1.54, 1.807) is 48.6 Å². The molecule has 6 nitrogen and oxygen atoms in total. The zero-order chi connectivity index (χ0) is 38.7. The maximum Gasteiger partial charge on any atom is 0.351 e. The third-order valence-electron chi connectivity index (χ3n) is 9.72. The molecule has 0 saturated heterocycles. The van der Waals surface area contributed by atoms with Crippen LogP contribution in [0.15, 0.2) is 98.5 Å². The molecule has 11 heteroatoms. The highest BCUT2D eigenvalue weighted by Crippen LogP contribution is 2.69. The summed E-state index contributed by atoms with van der Waals surface area (Å²) in [5.41, 5.74) is 2.46. The Morgan fingerprint density at radius 3 is 1.54 bits per heavy atom. The predicted octanol–water partition coefficient (Wildman–Crippen LogP) is 13.3. The molecular formula is C43H54O6S5. The first-order chi connectivity index (χ1) is 26.2. The van der Waals surface area contributed by atoms with Gasteiger partial charge in [0.1, 0.15) is 11.5 Å². The largest absolute Gasteiger partial charge is 0.491 e. The van der Waals surface area contributed by atoms with Gasteiger partial charge < -0.3 is 14.2 Å². The molecule has 2 heterocycles. The average molecular weight is 827 g/mol. The monoisotopic (exact) mass is 826 g/mol. The quantitative estimate of drug-likeness (QED) is 0.0811. The third-order valence-corrected chi connectivity index (χ3v) is 17.1. The second kappa shape index (κ2) is 20.6. The second-order valence-corrected chi connectivity index (χ2v) is 20.0. The smallest absolute Gasteiger partial charge is 0.351 e. The molecule has 2 aliphatic rings. The molecular weight excluding hydrogens is 773 g/mol. The molecule has 0 bridgehead atoms. The van der Waals surface area contributed by atoms with Crippen LogP contribution in [0.1, 0.15) is 105 Å². The molecule has 2 aliphatic heterocycles. The van der Waals surface area contributed by atoms with E-state index in [4.69, 9.17) is 14.2 Å². The third kappa shape index (κ3) is 9.92. The van der Waals surface area contributed by atoms with Gasteiger partial charge in [-0.15, -0.1) is 0 Å². The van der Waals surface area contributed by atoms with E-state index < -0.39 is 15.8 Å². The summed E-state index contributed by atoms with van der Waals surface area (Å²) in [6, 6.07) is 18.7. The van der Waals surface area contributed by atoms with Crippen molar-refractivity contribution in [3.05, 3.63) is 79.6 Å². The summed E-state index contributed by atoms with van der Waals surface area (Å²) in [6.07, 6.45) is 9.52. The Bertz CT molecular complexity index is 1840. The van der Waals surface area contributed by atoms with Crippen molar-refractivity contribution in [2.45, 2.75) is 124 Å². The second-order valence-electron chi connectivity index (χ2n) is 13.5. The minimum atomic E-state index is -4.23.